The van der Waals surface area contributed by atoms with E-state index >= 15 is 0 Å². The third-order valence-electron chi connectivity index (χ3n) is 3.09. The van der Waals surface area contributed by atoms with E-state index < -0.39 is 0 Å². The Labute approximate surface area is 113 Å². The first-order valence-electron chi connectivity index (χ1n) is 6.40. The Balaban J connectivity index is 2.38. The van der Waals surface area contributed by atoms with E-state index in [0.29, 0.717) is 6.42 Å². The summed E-state index contributed by atoms with van der Waals surface area (Å²) in [5, 5.41) is 0. The van der Waals surface area contributed by atoms with E-state index in [2.05, 4.69) is 4.90 Å². The summed E-state index contributed by atoms with van der Waals surface area (Å²) < 4.78 is 13.4. The molecule has 0 spiro atoms. The average Bonchev–Trinajstić information content (AvgIpc) is 2.38. The predicted molar refractivity (Wildman–Crippen MR) is 78.3 cm³/mol. The van der Waals surface area contributed by atoms with Gasteiger partial charge in [-0.1, -0.05) is 18.2 Å². The van der Waals surface area contributed by atoms with Crippen LogP contribution in [0.5, 0.6) is 0 Å². The van der Waals surface area contributed by atoms with Crippen LogP contribution < -0.4 is 10.6 Å². The minimum Gasteiger partial charge on any atom is -0.344 e. The molecule has 0 bridgehead atoms. The monoisotopic (exact) mass is 258 g/mol. The second-order valence-corrected chi connectivity index (χ2v) is 4.85. The minimum absolute atomic E-state index is 0.00437. The van der Waals surface area contributed by atoms with Gasteiger partial charge in [0.15, 0.2) is 0 Å². The van der Waals surface area contributed by atoms with Crippen LogP contribution in [0.2, 0.25) is 0 Å². The van der Waals surface area contributed by atoms with Crippen LogP contribution in [-0.2, 0) is 6.42 Å². The molecule has 2 aromatic carbocycles. The normalized spacial score (nSPS) is 12.2. The minimum atomic E-state index is -0.221. The predicted octanol–water partition coefficient (Wildman–Crippen LogP) is 3.48. The fourth-order valence-corrected chi connectivity index (χ4v) is 2.18. The molecule has 100 valence electrons. The van der Waals surface area contributed by atoms with Gasteiger partial charge in [0, 0.05) is 24.5 Å². The molecule has 3 heteroatoms. The largest absolute Gasteiger partial charge is 0.344 e. The van der Waals surface area contributed by atoms with Crippen molar-refractivity contribution in [1.29, 1.82) is 0 Å². The van der Waals surface area contributed by atoms with Crippen LogP contribution in [0.15, 0.2) is 48.5 Å². The van der Waals surface area contributed by atoms with E-state index in [-0.39, 0.29) is 11.9 Å². The number of hydrogen-bond donors (Lipinski definition) is 1. The summed E-state index contributed by atoms with van der Waals surface area (Å²) in [5.41, 5.74) is 8.83. The lowest BCUT2D eigenvalue weighted by Gasteiger charge is -2.23. The van der Waals surface area contributed by atoms with Crippen molar-refractivity contribution in [3.05, 3.63) is 59.9 Å². The molecule has 0 radical (unpaired) electrons. The van der Waals surface area contributed by atoms with Crippen LogP contribution in [-0.4, -0.2) is 13.1 Å². The summed E-state index contributed by atoms with van der Waals surface area (Å²) in [6, 6.07) is 14.9. The van der Waals surface area contributed by atoms with Gasteiger partial charge in [-0.2, -0.15) is 0 Å². The van der Waals surface area contributed by atoms with Gasteiger partial charge in [-0.15, -0.1) is 0 Å². The number of benzene rings is 2. The molecule has 0 aliphatic carbocycles. The zero-order valence-electron chi connectivity index (χ0n) is 11.3. The molecule has 0 aromatic heterocycles. The molecular weight excluding hydrogens is 239 g/mol. The van der Waals surface area contributed by atoms with Crippen molar-refractivity contribution in [3.63, 3.8) is 0 Å². The van der Waals surface area contributed by atoms with Gasteiger partial charge in [0.25, 0.3) is 0 Å². The smallest absolute Gasteiger partial charge is 0.123 e. The molecule has 0 amide bonds. The van der Waals surface area contributed by atoms with E-state index in [1.807, 2.05) is 44.3 Å². The summed E-state index contributed by atoms with van der Waals surface area (Å²) in [4.78, 5) is 2.05. The second-order valence-electron chi connectivity index (χ2n) is 4.85. The molecule has 1 unspecified atom stereocenters. The molecule has 2 nitrogen and oxygen atoms in total. The van der Waals surface area contributed by atoms with Gasteiger partial charge in [0.1, 0.15) is 5.82 Å². The highest BCUT2D eigenvalue weighted by Gasteiger charge is 2.11. The summed E-state index contributed by atoms with van der Waals surface area (Å²) in [6.45, 7) is 1.93. The molecule has 2 aromatic rings. The van der Waals surface area contributed by atoms with E-state index in [1.165, 1.54) is 6.07 Å². The highest BCUT2D eigenvalue weighted by molar-refractivity contribution is 5.65. The van der Waals surface area contributed by atoms with Gasteiger partial charge in [-0.05, 0) is 49.2 Å². The molecule has 0 saturated heterocycles. The molecule has 2 N–H and O–H groups in total. The first kappa shape index (κ1) is 13.6. The Hall–Kier alpha value is -1.87. The fraction of sp³-hybridized carbons (Fsp3) is 0.250. The van der Waals surface area contributed by atoms with Crippen LogP contribution in [0.1, 0.15) is 12.5 Å². The average molecular weight is 258 g/mol. The third kappa shape index (κ3) is 3.32. The standard InChI is InChI=1S/C16H19FN2/c1-12(18)10-13-11-14(17)8-9-16(13)19(2)15-6-4-3-5-7-15/h3-9,11-12H,10,18H2,1-2H3. The van der Waals surface area contributed by atoms with Crippen molar-refractivity contribution in [1.82, 2.24) is 0 Å². The number of hydrogen-bond acceptors (Lipinski definition) is 2. The maximum Gasteiger partial charge on any atom is 0.123 e. The quantitative estimate of drug-likeness (QED) is 0.909. The number of anilines is 2. The highest BCUT2D eigenvalue weighted by atomic mass is 19.1. The van der Waals surface area contributed by atoms with Crippen molar-refractivity contribution in [2.24, 2.45) is 5.73 Å². The van der Waals surface area contributed by atoms with Crippen molar-refractivity contribution in [2.45, 2.75) is 19.4 Å². The number of nitrogens with zero attached hydrogens (tertiary/aromatic N) is 1. The summed E-state index contributed by atoms with van der Waals surface area (Å²) in [6.07, 6.45) is 0.657. The fourth-order valence-electron chi connectivity index (χ4n) is 2.18. The lowest BCUT2D eigenvalue weighted by molar-refractivity contribution is 0.623. The molecule has 1 atom stereocenters. The first-order valence-corrected chi connectivity index (χ1v) is 6.40. The van der Waals surface area contributed by atoms with Crippen molar-refractivity contribution >= 4 is 11.4 Å². The SMILES string of the molecule is CC(N)Cc1cc(F)ccc1N(C)c1ccccc1. The van der Waals surface area contributed by atoms with E-state index in [0.717, 1.165) is 16.9 Å². The Morgan fingerprint density at radius 3 is 2.47 bits per heavy atom. The number of nitrogens with two attached hydrogens (primary N) is 1. The lowest BCUT2D eigenvalue weighted by Crippen LogP contribution is -2.20. The highest BCUT2D eigenvalue weighted by Crippen LogP contribution is 2.28. The molecule has 0 saturated carbocycles. The third-order valence-corrected chi connectivity index (χ3v) is 3.09. The van der Waals surface area contributed by atoms with Gasteiger partial charge in [0.05, 0.1) is 0 Å². The van der Waals surface area contributed by atoms with Crippen molar-refractivity contribution in [3.8, 4) is 0 Å². The molecule has 0 fully saturated rings. The van der Waals surface area contributed by atoms with Gasteiger partial charge in [-0.3, -0.25) is 0 Å². The van der Waals surface area contributed by atoms with Gasteiger partial charge in [-0.25, -0.2) is 4.39 Å². The molecule has 2 rings (SSSR count). The summed E-state index contributed by atoms with van der Waals surface area (Å²) in [7, 11) is 1.98. The Morgan fingerprint density at radius 2 is 1.84 bits per heavy atom. The topological polar surface area (TPSA) is 29.3 Å². The number of rotatable bonds is 4. The number of para-hydroxylation sites is 1. The van der Waals surface area contributed by atoms with Crippen LogP contribution in [0.25, 0.3) is 0 Å². The Bertz CT molecular complexity index is 538. The second kappa shape index (κ2) is 5.85. The Kier molecular flexibility index (Phi) is 4.17. The van der Waals surface area contributed by atoms with Gasteiger partial charge in [0.2, 0.25) is 0 Å². The van der Waals surface area contributed by atoms with Crippen molar-refractivity contribution < 1.29 is 4.39 Å². The zero-order chi connectivity index (χ0) is 13.8. The summed E-state index contributed by atoms with van der Waals surface area (Å²) >= 11 is 0. The first-order chi connectivity index (χ1) is 9.08. The van der Waals surface area contributed by atoms with E-state index in [1.54, 1.807) is 12.1 Å². The van der Waals surface area contributed by atoms with Crippen molar-refractivity contribution in [2.75, 3.05) is 11.9 Å². The molecule has 0 heterocycles. The molecular formula is C16H19FN2. The van der Waals surface area contributed by atoms with Crippen LogP contribution in [0.3, 0.4) is 0 Å². The van der Waals surface area contributed by atoms with Gasteiger partial charge >= 0.3 is 0 Å². The maximum atomic E-state index is 13.4. The van der Waals surface area contributed by atoms with Gasteiger partial charge < -0.3 is 10.6 Å². The number of halogens is 1. The van der Waals surface area contributed by atoms with Crippen LogP contribution in [0.4, 0.5) is 15.8 Å². The molecule has 0 aliphatic rings. The van der Waals surface area contributed by atoms with Crippen LogP contribution in [0, 0.1) is 5.82 Å². The van der Waals surface area contributed by atoms with Crippen LogP contribution >= 0.6 is 0 Å². The maximum absolute atomic E-state index is 13.4. The van der Waals surface area contributed by atoms with E-state index in [9.17, 15) is 4.39 Å². The molecule has 19 heavy (non-hydrogen) atoms. The van der Waals surface area contributed by atoms with E-state index in [4.69, 9.17) is 5.73 Å². The zero-order valence-corrected chi connectivity index (χ0v) is 11.3. The molecule has 0 aliphatic heterocycles. The summed E-state index contributed by atoms with van der Waals surface area (Å²) in [5.74, 6) is -0.221. The Morgan fingerprint density at radius 1 is 1.16 bits per heavy atom. The lowest BCUT2D eigenvalue weighted by atomic mass is 10.0.